The lowest BCUT2D eigenvalue weighted by molar-refractivity contribution is -0.135. The molecule has 36 heavy (non-hydrogen) atoms. The summed E-state index contributed by atoms with van der Waals surface area (Å²) in [6.45, 7) is 5.17. The molecule has 0 radical (unpaired) electrons. The molecule has 2 heterocycles. The first-order chi connectivity index (χ1) is 17.4. The fraction of sp³-hybridized carbons (Fsp3) is 0.607. The van der Waals surface area contributed by atoms with Crippen molar-refractivity contribution in [3.8, 4) is 0 Å². The van der Waals surface area contributed by atoms with E-state index in [2.05, 4.69) is 46.5 Å². The highest BCUT2D eigenvalue weighted by Gasteiger charge is 2.26. The van der Waals surface area contributed by atoms with Gasteiger partial charge in [-0.2, -0.15) is 0 Å². The van der Waals surface area contributed by atoms with Crippen molar-refractivity contribution in [1.82, 2.24) is 20.7 Å². The molecule has 1 aliphatic rings. The molecule has 2 aromatic rings. The van der Waals surface area contributed by atoms with Crippen molar-refractivity contribution in [3.63, 3.8) is 0 Å². The van der Waals surface area contributed by atoms with Gasteiger partial charge >= 0.3 is 0 Å². The van der Waals surface area contributed by atoms with Gasteiger partial charge in [0.15, 0.2) is 0 Å². The van der Waals surface area contributed by atoms with Crippen LogP contribution in [0.1, 0.15) is 82.3 Å². The van der Waals surface area contributed by atoms with E-state index < -0.39 is 17.9 Å². The second-order valence-electron chi connectivity index (χ2n) is 10.2. The number of aromatic nitrogens is 1. The number of aryl methyl sites for hydroxylation is 2. The van der Waals surface area contributed by atoms with Crippen molar-refractivity contribution in [3.05, 3.63) is 35.5 Å². The van der Waals surface area contributed by atoms with Crippen molar-refractivity contribution in [2.24, 2.45) is 5.92 Å². The highest BCUT2D eigenvalue weighted by atomic mass is 16.5. The molecule has 2 bridgehead atoms. The topological polar surface area (TPSA) is 112 Å². The zero-order chi connectivity index (χ0) is 25.9. The molecule has 0 aliphatic carbocycles. The van der Waals surface area contributed by atoms with Gasteiger partial charge in [0.1, 0.15) is 6.04 Å². The SMILES string of the molecule is Cc1ccc2c(c1)c1cn2CCCCCCCCCCCNC(=O)C(NC(=O)C(C)CC(=O)NO)C1. The smallest absolute Gasteiger partial charge is 0.244 e. The van der Waals surface area contributed by atoms with Gasteiger partial charge in [-0.25, -0.2) is 5.48 Å². The number of hydroxylamine groups is 1. The Morgan fingerprint density at radius 3 is 2.44 bits per heavy atom. The summed E-state index contributed by atoms with van der Waals surface area (Å²) in [5.41, 5.74) is 4.88. The summed E-state index contributed by atoms with van der Waals surface area (Å²) < 4.78 is 2.28. The molecule has 1 aliphatic heterocycles. The van der Waals surface area contributed by atoms with Crippen LogP contribution in [0.25, 0.3) is 10.9 Å². The van der Waals surface area contributed by atoms with Gasteiger partial charge in [0.25, 0.3) is 0 Å². The number of rotatable bonds is 4. The Morgan fingerprint density at radius 1 is 1.08 bits per heavy atom. The van der Waals surface area contributed by atoms with Gasteiger partial charge in [-0.1, -0.05) is 63.5 Å². The number of amides is 3. The summed E-state index contributed by atoms with van der Waals surface area (Å²) >= 11 is 0. The predicted octanol–water partition coefficient (Wildman–Crippen LogP) is 4.15. The molecule has 0 saturated carbocycles. The summed E-state index contributed by atoms with van der Waals surface area (Å²) in [6.07, 6.45) is 12.9. The van der Waals surface area contributed by atoms with Crippen LogP contribution in [0.15, 0.2) is 24.4 Å². The highest BCUT2D eigenvalue weighted by Crippen LogP contribution is 2.25. The average Bonchev–Trinajstić information content (AvgIpc) is 3.19. The number of carbonyl (C=O) groups is 3. The third kappa shape index (κ3) is 8.08. The fourth-order valence-electron chi connectivity index (χ4n) is 4.97. The molecule has 0 fully saturated rings. The Morgan fingerprint density at radius 2 is 1.75 bits per heavy atom. The third-order valence-electron chi connectivity index (χ3n) is 7.12. The van der Waals surface area contributed by atoms with Crippen LogP contribution in [-0.2, 0) is 27.3 Å². The lowest BCUT2D eigenvalue weighted by Crippen LogP contribution is -2.49. The van der Waals surface area contributed by atoms with E-state index in [1.54, 1.807) is 12.4 Å². The Hall–Kier alpha value is -2.87. The Bertz CT molecular complexity index is 1030. The molecule has 4 N–H and O–H groups in total. The monoisotopic (exact) mass is 498 g/mol. The van der Waals surface area contributed by atoms with E-state index in [0.717, 1.165) is 47.8 Å². The summed E-state index contributed by atoms with van der Waals surface area (Å²) in [6, 6.07) is 5.64. The summed E-state index contributed by atoms with van der Waals surface area (Å²) in [5, 5.41) is 15.8. The Kier molecular flexibility index (Phi) is 10.8. The van der Waals surface area contributed by atoms with E-state index in [0.29, 0.717) is 13.0 Å². The van der Waals surface area contributed by atoms with E-state index in [4.69, 9.17) is 5.21 Å². The van der Waals surface area contributed by atoms with Crippen LogP contribution in [0.3, 0.4) is 0 Å². The van der Waals surface area contributed by atoms with E-state index in [-0.39, 0.29) is 18.2 Å². The lowest BCUT2D eigenvalue weighted by atomic mass is 10.0. The minimum Gasteiger partial charge on any atom is -0.354 e. The Labute approximate surface area is 214 Å². The van der Waals surface area contributed by atoms with E-state index in [9.17, 15) is 14.4 Å². The quantitative estimate of drug-likeness (QED) is 0.375. The maximum atomic E-state index is 13.2. The first-order valence-electron chi connectivity index (χ1n) is 13.5. The van der Waals surface area contributed by atoms with Crippen molar-refractivity contribution >= 4 is 28.6 Å². The molecule has 3 rings (SSSR count). The van der Waals surface area contributed by atoms with Gasteiger partial charge in [0, 0.05) is 48.9 Å². The minimum atomic E-state index is -0.754. The molecule has 198 valence electrons. The molecule has 0 spiro atoms. The first-order valence-corrected chi connectivity index (χ1v) is 13.5. The number of fused-ring (bicyclic) bond motifs is 5. The largest absolute Gasteiger partial charge is 0.354 e. The molecule has 0 saturated heterocycles. The highest BCUT2D eigenvalue weighted by molar-refractivity contribution is 5.91. The maximum Gasteiger partial charge on any atom is 0.244 e. The fourth-order valence-corrected chi connectivity index (χ4v) is 4.97. The lowest BCUT2D eigenvalue weighted by Gasteiger charge is -2.20. The van der Waals surface area contributed by atoms with Crippen LogP contribution in [0, 0.1) is 12.8 Å². The molecule has 3 amide bonds. The molecule has 1 aromatic heterocycles. The van der Waals surface area contributed by atoms with E-state index >= 15 is 0 Å². The van der Waals surface area contributed by atoms with Gasteiger partial charge in [-0.05, 0) is 37.5 Å². The molecular formula is C28H42N4O4. The normalized spacial score (nSPS) is 19.5. The van der Waals surface area contributed by atoms with Gasteiger partial charge in [-0.3, -0.25) is 19.6 Å². The second kappa shape index (κ2) is 14.0. The first kappa shape index (κ1) is 27.7. The third-order valence-corrected chi connectivity index (χ3v) is 7.12. The second-order valence-corrected chi connectivity index (χ2v) is 10.2. The van der Waals surface area contributed by atoms with Crippen LogP contribution in [0.5, 0.6) is 0 Å². The zero-order valence-electron chi connectivity index (χ0n) is 21.8. The number of hydrogen-bond acceptors (Lipinski definition) is 4. The van der Waals surface area contributed by atoms with Gasteiger partial charge in [0.2, 0.25) is 17.7 Å². The van der Waals surface area contributed by atoms with Crippen LogP contribution in [0.2, 0.25) is 0 Å². The number of carbonyl (C=O) groups excluding carboxylic acids is 3. The zero-order valence-corrected chi connectivity index (χ0v) is 21.8. The van der Waals surface area contributed by atoms with Crippen molar-refractivity contribution in [2.45, 2.75) is 97.1 Å². The molecular weight excluding hydrogens is 456 g/mol. The van der Waals surface area contributed by atoms with Gasteiger partial charge < -0.3 is 15.2 Å². The standard InChI is InChI=1S/C28H42N4O4/c1-20-12-13-25-23(16-20)22-18-24(30-27(34)21(2)17-26(33)31-36)28(35)29-14-10-8-6-4-3-5-7-9-11-15-32(25)19-22/h12-13,16,19,21,24,36H,3-11,14-15,17-18H2,1-2H3,(H,29,35)(H,30,34)(H,31,33). The summed E-state index contributed by atoms with van der Waals surface area (Å²) in [7, 11) is 0. The molecule has 8 nitrogen and oxygen atoms in total. The molecule has 8 heteroatoms. The summed E-state index contributed by atoms with van der Waals surface area (Å²) in [5.74, 6) is -1.91. The van der Waals surface area contributed by atoms with Crippen LogP contribution < -0.4 is 16.1 Å². The van der Waals surface area contributed by atoms with Gasteiger partial charge in [-0.15, -0.1) is 0 Å². The number of hydrogen-bond donors (Lipinski definition) is 4. The Balaban J connectivity index is 1.85. The average molecular weight is 499 g/mol. The maximum absolute atomic E-state index is 13.2. The predicted molar refractivity (Wildman–Crippen MR) is 141 cm³/mol. The van der Waals surface area contributed by atoms with Crippen molar-refractivity contribution in [1.29, 1.82) is 0 Å². The van der Waals surface area contributed by atoms with Crippen molar-refractivity contribution in [2.75, 3.05) is 6.54 Å². The number of nitrogens with zero attached hydrogens (tertiary/aromatic N) is 1. The molecule has 2 unspecified atom stereocenters. The minimum absolute atomic E-state index is 0.158. The van der Waals surface area contributed by atoms with Crippen LogP contribution in [0.4, 0.5) is 0 Å². The van der Waals surface area contributed by atoms with E-state index in [1.807, 2.05) is 0 Å². The van der Waals surface area contributed by atoms with Crippen molar-refractivity contribution < 1.29 is 19.6 Å². The number of nitrogens with one attached hydrogen (secondary N) is 3. The van der Waals surface area contributed by atoms with Gasteiger partial charge in [0.05, 0.1) is 0 Å². The number of benzene rings is 1. The van der Waals surface area contributed by atoms with E-state index in [1.165, 1.54) is 38.5 Å². The molecule has 1 aromatic carbocycles. The summed E-state index contributed by atoms with van der Waals surface area (Å²) in [4.78, 5) is 37.6. The van der Waals surface area contributed by atoms with Crippen LogP contribution in [-0.4, -0.2) is 40.1 Å². The molecule has 2 atom stereocenters. The van der Waals surface area contributed by atoms with Crippen LogP contribution >= 0.6 is 0 Å².